The summed E-state index contributed by atoms with van der Waals surface area (Å²) >= 11 is 0. The highest BCUT2D eigenvalue weighted by atomic mass is 19.4. The Balaban J connectivity index is 1.78. The highest BCUT2D eigenvalue weighted by Crippen LogP contribution is 2.35. The molecule has 4 nitrogen and oxygen atoms in total. The number of halogens is 3. The molecule has 7 heteroatoms. The van der Waals surface area contributed by atoms with Gasteiger partial charge in [0, 0.05) is 34.4 Å². The van der Waals surface area contributed by atoms with Crippen molar-refractivity contribution in [3.63, 3.8) is 0 Å². The van der Waals surface area contributed by atoms with E-state index in [2.05, 4.69) is 17.3 Å². The average Bonchev–Trinajstić information content (AvgIpc) is 2.66. The molecule has 0 spiro atoms. The first-order chi connectivity index (χ1) is 13.3. The Labute approximate surface area is 161 Å². The Kier molecular flexibility index (Phi) is 5.32. The van der Waals surface area contributed by atoms with E-state index < -0.39 is 18.8 Å². The fourth-order valence-corrected chi connectivity index (χ4v) is 2.95. The maximum absolute atomic E-state index is 12.2. The summed E-state index contributed by atoms with van der Waals surface area (Å²) in [7, 11) is 0. The lowest BCUT2D eigenvalue weighted by Gasteiger charge is -2.32. The average molecular weight is 385 g/mol. The zero-order chi connectivity index (χ0) is 20.3. The van der Waals surface area contributed by atoms with Crippen molar-refractivity contribution in [3.05, 3.63) is 71.1 Å². The summed E-state index contributed by atoms with van der Waals surface area (Å²) in [6.45, 7) is 0.641. The van der Waals surface area contributed by atoms with Gasteiger partial charge in [-0.15, -0.1) is 6.42 Å². The Bertz CT molecular complexity index is 962. The summed E-state index contributed by atoms with van der Waals surface area (Å²) in [5, 5.41) is 4.21. The van der Waals surface area contributed by atoms with Gasteiger partial charge in [0.05, 0.1) is 0 Å². The zero-order valence-corrected chi connectivity index (χ0v) is 15.1. The maximum Gasteiger partial charge on any atom is 0.405 e. The summed E-state index contributed by atoms with van der Waals surface area (Å²) in [4.78, 5) is 13.7. The van der Waals surface area contributed by atoms with Crippen molar-refractivity contribution < 1.29 is 18.0 Å². The third-order valence-electron chi connectivity index (χ3n) is 4.29. The van der Waals surface area contributed by atoms with E-state index in [1.807, 2.05) is 36.2 Å². The van der Waals surface area contributed by atoms with Gasteiger partial charge in [0.25, 0.3) is 0 Å². The minimum absolute atomic E-state index is 0.395. The van der Waals surface area contributed by atoms with Crippen molar-refractivity contribution in [1.82, 2.24) is 10.2 Å². The van der Waals surface area contributed by atoms with Crippen LogP contribution in [0, 0.1) is 12.3 Å². The fourth-order valence-electron chi connectivity index (χ4n) is 2.95. The minimum atomic E-state index is -4.46. The summed E-state index contributed by atoms with van der Waals surface area (Å²) in [5.74, 6) is 2.62. The number of anilines is 1. The van der Waals surface area contributed by atoms with Gasteiger partial charge in [-0.1, -0.05) is 24.1 Å². The van der Waals surface area contributed by atoms with Crippen molar-refractivity contribution in [2.45, 2.75) is 19.5 Å². The maximum atomic E-state index is 12.2. The molecule has 0 atom stereocenters. The molecule has 2 heterocycles. The molecule has 2 N–H and O–H groups in total. The third-order valence-corrected chi connectivity index (χ3v) is 4.29. The minimum Gasteiger partial charge on any atom is -0.329 e. The number of nitrogens with zero attached hydrogens (tertiary/aromatic N) is 1. The van der Waals surface area contributed by atoms with E-state index in [0.29, 0.717) is 5.69 Å². The highest BCUT2D eigenvalue weighted by molar-refractivity contribution is 5.90. The number of allylic oxidation sites excluding steroid dienone is 5. The van der Waals surface area contributed by atoms with E-state index in [1.54, 1.807) is 23.5 Å². The van der Waals surface area contributed by atoms with Crippen LogP contribution in [0.4, 0.5) is 23.7 Å². The largest absolute Gasteiger partial charge is 0.405 e. The number of fused-ring (bicyclic) bond motifs is 1. The summed E-state index contributed by atoms with van der Waals surface area (Å²) < 4.78 is 36.7. The third kappa shape index (κ3) is 4.46. The molecular formula is C21H18F3N3O. The summed E-state index contributed by atoms with van der Waals surface area (Å²) in [5.41, 5.74) is 5.07. The Hall–Kier alpha value is -3.40. The van der Waals surface area contributed by atoms with Gasteiger partial charge in [0.1, 0.15) is 6.54 Å². The first-order valence-corrected chi connectivity index (χ1v) is 8.54. The molecule has 28 heavy (non-hydrogen) atoms. The van der Waals surface area contributed by atoms with Gasteiger partial charge < -0.3 is 15.5 Å². The lowest BCUT2D eigenvalue weighted by Crippen LogP contribution is -2.36. The molecule has 1 aromatic rings. The van der Waals surface area contributed by atoms with Crippen molar-refractivity contribution in [2.24, 2.45) is 0 Å². The van der Waals surface area contributed by atoms with Crippen LogP contribution in [0.5, 0.6) is 0 Å². The van der Waals surface area contributed by atoms with Crippen LogP contribution in [0.3, 0.4) is 0 Å². The number of amides is 2. The van der Waals surface area contributed by atoms with Crippen molar-refractivity contribution in [3.8, 4) is 12.3 Å². The molecule has 0 fully saturated rings. The molecule has 1 aromatic carbocycles. The molecule has 3 rings (SSSR count). The van der Waals surface area contributed by atoms with Crippen LogP contribution >= 0.6 is 0 Å². The zero-order valence-electron chi connectivity index (χ0n) is 15.1. The number of hydrogen-bond donors (Lipinski definition) is 2. The normalized spacial score (nSPS) is 16.0. The molecule has 0 saturated heterocycles. The first-order valence-electron chi connectivity index (χ1n) is 8.54. The Morgan fingerprint density at radius 2 is 2.14 bits per heavy atom. The molecule has 0 unspecified atom stereocenters. The molecular weight excluding hydrogens is 367 g/mol. The van der Waals surface area contributed by atoms with Crippen LogP contribution < -0.4 is 10.6 Å². The van der Waals surface area contributed by atoms with E-state index in [9.17, 15) is 18.0 Å². The molecule has 2 aliphatic heterocycles. The molecule has 0 aliphatic carbocycles. The van der Waals surface area contributed by atoms with Gasteiger partial charge in [-0.2, -0.15) is 13.2 Å². The lowest BCUT2D eigenvalue weighted by molar-refractivity contribution is -0.122. The number of carbonyl (C=O) groups excluding carboxylic acids is 1. The van der Waals surface area contributed by atoms with Crippen LogP contribution in [0.1, 0.15) is 18.9 Å². The smallest absolute Gasteiger partial charge is 0.329 e. The van der Waals surface area contributed by atoms with Gasteiger partial charge in [-0.05, 0) is 43.2 Å². The van der Waals surface area contributed by atoms with Crippen molar-refractivity contribution >= 4 is 17.4 Å². The number of alkyl halides is 3. The highest BCUT2D eigenvalue weighted by Gasteiger charge is 2.27. The fraction of sp³-hybridized carbons (Fsp3) is 0.190. The SMILES string of the molecule is C#CC1=CC2=C(C)CC=C(c3cccc(NC(=O)NCC(F)(F)F)c3)N2C=C1. The monoisotopic (exact) mass is 385 g/mol. The number of benzene rings is 1. The second-order valence-electron chi connectivity index (χ2n) is 6.39. The number of rotatable bonds is 3. The van der Waals surface area contributed by atoms with E-state index in [4.69, 9.17) is 6.42 Å². The van der Waals surface area contributed by atoms with Gasteiger partial charge in [-0.25, -0.2) is 4.79 Å². The predicted octanol–water partition coefficient (Wildman–Crippen LogP) is 4.78. The Morgan fingerprint density at radius 3 is 2.86 bits per heavy atom. The quantitative estimate of drug-likeness (QED) is 0.736. The van der Waals surface area contributed by atoms with Crippen LogP contribution in [0.15, 0.2) is 65.5 Å². The van der Waals surface area contributed by atoms with E-state index >= 15 is 0 Å². The summed E-state index contributed by atoms with van der Waals surface area (Å²) in [6.07, 6.45) is 9.49. The van der Waals surface area contributed by atoms with Gasteiger partial charge >= 0.3 is 12.2 Å². The van der Waals surface area contributed by atoms with Gasteiger partial charge in [-0.3, -0.25) is 0 Å². The molecule has 2 aliphatic rings. The van der Waals surface area contributed by atoms with Crippen LogP contribution in [0.25, 0.3) is 5.70 Å². The number of nitrogens with one attached hydrogen (secondary N) is 2. The van der Waals surface area contributed by atoms with E-state index in [-0.39, 0.29) is 0 Å². The second-order valence-corrected chi connectivity index (χ2v) is 6.39. The number of hydrogen-bond acceptors (Lipinski definition) is 2. The first kappa shape index (κ1) is 19.4. The van der Waals surface area contributed by atoms with E-state index in [1.165, 1.54) is 5.57 Å². The van der Waals surface area contributed by atoms with Gasteiger partial charge in [0.15, 0.2) is 0 Å². The Morgan fingerprint density at radius 1 is 1.36 bits per heavy atom. The number of urea groups is 1. The molecule has 2 amide bonds. The van der Waals surface area contributed by atoms with Gasteiger partial charge in [0.2, 0.25) is 0 Å². The van der Waals surface area contributed by atoms with Crippen LogP contribution in [-0.4, -0.2) is 23.7 Å². The van der Waals surface area contributed by atoms with Crippen LogP contribution in [-0.2, 0) is 0 Å². The van der Waals surface area contributed by atoms with Crippen molar-refractivity contribution in [1.29, 1.82) is 0 Å². The van der Waals surface area contributed by atoms with Crippen LogP contribution in [0.2, 0.25) is 0 Å². The number of terminal acetylenes is 1. The lowest BCUT2D eigenvalue weighted by atomic mass is 9.97. The molecule has 0 radical (unpaired) electrons. The molecule has 0 aromatic heterocycles. The number of carbonyl (C=O) groups is 1. The molecule has 0 bridgehead atoms. The topological polar surface area (TPSA) is 44.4 Å². The van der Waals surface area contributed by atoms with E-state index in [0.717, 1.165) is 29.0 Å². The standard InChI is InChI=1S/C21H18F3N3O/c1-3-15-9-10-27-18(8-7-14(2)19(27)11-15)16-5-4-6-17(12-16)26-20(28)25-13-21(22,23)24/h1,4-6,8-12H,7,13H2,2H3,(H2,25,26,28). The second kappa shape index (κ2) is 7.69. The summed E-state index contributed by atoms with van der Waals surface area (Å²) in [6, 6.07) is 6.02. The molecule has 144 valence electrons. The molecule has 0 saturated carbocycles. The predicted molar refractivity (Wildman–Crippen MR) is 103 cm³/mol. The van der Waals surface area contributed by atoms with Crippen molar-refractivity contribution in [2.75, 3.05) is 11.9 Å².